The zero-order valence-electron chi connectivity index (χ0n) is 12.0. The summed E-state index contributed by atoms with van der Waals surface area (Å²) >= 11 is 4.84. The third-order valence-corrected chi connectivity index (χ3v) is 5.48. The van der Waals surface area contributed by atoms with E-state index in [9.17, 15) is 8.42 Å². The lowest BCUT2D eigenvalue weighted by Gasteiger charge is -2.20. The molecule has 1 aromatic carbocycles. The third kappa shape index (κ3) is 4.23. The SMILES string of the molecule is CN(CC1CCCO1)S(=O)(=O)c1ccc(CC(N)=S)cc1. The minimum atomic E-state index is -3.48. The maximum absolute atomic E-state index is 12.5. The average molecular weight is 328 g/mol. The molecule has 1 unspecified atom stereocenters. The van der Waals surface area contributed by atoms with Gasteiger partial charge in [-0.3, -0.25) is 0 Å². The molecule has 1 aliphatic heterocycles. The standard InChI is InChI=1S/C14H20N2O3S2/c1-16(10-12-3-2-8-19-12)21(17,18)13-6-4-11(5-7-13)9-14(15)20/h4-7,12H,2-3,8-10H2,1H3,(H2,15,20). The van der Waals surface area contributed by atoms with E-state index in [0.717, 1.165) is 18.4 Å². The van der Waals surface area contributed by atoms with Gasteiger partial charge in [-0.25, -0.2) is 8.42 Å². The second-order valence-electron chi connectivity index (χ2n) is 5.21. The molecule has 5 nitrogen and oxygen atoms in total. The van der Waals surface area contributed by atoms with E-state index < -0.39 is 10.0 Å². The molecule has 1 aromatic rings. The Morgan fingerprint density at radius 3 is 2.62 bits per heavy atom. The summed E-state index contributed by atoms with van der Waals surface area (Å²) in [5.74, 6) is 0. The van der Waals surface area contributed by atoms with E-state index in [1.807, 2.05) is 0 Å². The van der Waals surface area contributed by atoms with E-state index in [-0.39, 0.29) is 11.0 Å². The number of thiocarbonyl (C=S) groups is 1. The van der Waals surface area contributed by atoms with Crippen LogP contribution in [0, 0.1) is 0 Å². The van der Waals surface area contributed by atoms with Crippen molar-refractivity contribution in [2.45, 2.75) is 30.3 Å². The van der Waals surface area contributed by atoms with Crippen LogP contribution in [-0.4, -0.2) is 44.0 Å². The van der Waals surface area contributed by atoms with E-state index in [4.69, 9.17) is 22.7 Å². The molecule has 0 saturated carbocycles. The fourth-order valence-corrected chi connectivity index (χ4v) is 3.70. The van der Waals surface area contributed by atoms with Crippen molar-refractivity contribution in [1.82, 2.24) is 4.31 Å². The van der Waals surface area contributed by atoms with Gasteiger partial charge >= 0.3 is 0 Å². The quantitative estimate of drug-likeness (QED) is 0.797. The first-order chi connectivity index (χ1) is 9.89. The minimum absolute atomic E-state index is 0.00124. The van der Waals surface area contributed by atoms with Gasteiger partial charge in [0.25, 0.3) is 0 Å². The van der Waals surface area contributed by atoms with E-state index in [0.29, 0.717) is 24.6 Å². The van der Waals surface area contributed by atoms with E-state index >= 15 is 0 Å². The van der Waals surface area contributed by atoms with Crippen LogP contribution >= 0.6 is 12.2 Å². The van der Waals surface area contributed by atoms with Crippen LogP contribution in [-0.2, 0) is 21.2 Å². The van der Waals surface area contributed by atoms with Crippen LogP contribution in [0.5, 0.6) is 0 Å². The van der Waals surface area contributed by atoms with Crippen molar-refractivity contribution >= 4 is 27.2 Å². The molecule has 1 heterocycles. The van der Waals surface area contributed by atoms with Gasteiger partial charge in [0.2, 0.25) is 10.0 Å². The lowest BCUT2D eigenvalue weighted by Crippen LogP contribution is -2.34. The van der Waals surface area contributed by atoms with Gasteiger partial charge in [-0.2, -0.15) is 4.31 Å². The molecule has 0 amide bonds. The highest BCUT2D eigenvalue weighted by Gasteiger charge is 2.25. The van der Waals surface area contributed by atoms with Crippen molar-refractivity contribution in [2.24, 2.45) is 5.73 Å². The van der Waals surface area contributed by atoms with Crippen molar-refractivity contribution in [2.75, 3.05) is 20.2 Å². The summed E-state index contributed by atoms with van der Waals surface area (Å²) < 4.78 is 31.8. The number of rotatable bonds is 6. The molecule has 7 heteroatoms. The van der Waals surface area contributed by atoms with Crippen molar-refractivity contribution in [3.8, 4) is 0 Å². The Morgan fingerprint density at radius 1 is 1.43 bits per heavy atom. The monoisotopic (exact) mass is 328 g/mol. The number of hydrogen-bond donors (Lipinski definition) is 1. The summed E-state index contributed by atoms with van der Waals surface area (Å²) in [7, 11) is -1.90. The topological polar surface area (TPSA) is 72.6 Å². The lowest BCUT2D eigenvalue weighted by atomic mass is 10.1. The Labute approximate surface area is 131 Å². The molecule has 0 bridgehead atoms. The maximum Gasteiger partial charge on any atom is 0.242 e. The van der Waals surface area contributed by atoms with Crippen LogP contribution in [0.1, 0.15) is 18.4 Å². The lowest BCUT2D eigenvalue weighted by molar-refractivity contribution is 0.0979. The second-order valence-corrected chi connectivity index (χ2v) is 7.78. The van der Waals surface area contributed by atoms with Gasteiger partial charge in [-0.05, 0) is 30.5 Å². The molecule has 1 atom stereocenters. The summed E-state index contributed by atoms with van der Waals surface area (Å²) in [6, 6.07) is 6.67. The molecule has 1 aliphatic rings. The van der Waals surface area contributed by atoms with Crippen LogP contribution in [0.2, 0.25) is 0 Å². The van der Waals surface area contributed by atoms with Gasteiger partial charge < -0.3 is 10.5 Å². The zero-order valence-corrected chi connectivity index (χ0v) is 13.6. The van der Waals surface area contributed by atoms with Gasteiger partial charge in [0.1, 0.15) is 0 Å². The highest BCUT2D eigenvalue weighted by molar-refractivity contribution is 7.89. The largest absolute Gasteiger partial charge is 0.393 e. The second kappa shape index (κ2) is 6.83. The molecular formula is C14H20N2O3S2. The molecule has 21 heavy (non-hydrogen) atoms. The van der Waals surface area contributed by atoms with Crippen LogP contribution in [0.25, 0.3) is 0 Å². The molecule has 0 aliphatic carbocycles. The highest BCUT2D eigenvalue weighted by atomic mass is 32.2. The number of ether oxygens (including phenoxy) is 1. The predicted molar refractivity (Wildman–Crippen MR) is 85.7 cm³/mol. The number of benzene rings is 1. The smallest absolute Gasteiger partial charge is 0.242 e. The number of nitrogens with two attached hydrogens (primary N) is 1. The molecule has 2 rings (SSSR count). The molecular weight excluding hydrogens is 308 g/mol. The van der Waals surface area contributed by atoms with Crippen molar-refractivity contribution in [1.29, 1.82) is 0 Å². The van der Waals surface area contributed by atoms with E-state index in [1.165, 1.54) is 4.31 Å². The van der Waals surface area contributed by atoms with Crippen molar-refractivity contribution in [3.05, 3.63) is 29.8 Å². The summed E-state index contributed by atoms with van der Waals surface area (Å²) in [5, 5.41) is 0. The van der Waals surface area contributed by atoms with Crippen molar-refractivity contribution < 1.29 is 13.2 Å². The Hall–Kier alpha value is -1.02. The van der Waals surface area contributed by atoms with E-state index in [1.54, 1.807) is 31.3 Å². The van der Waals surface area contributed by atoms with Crippen LogP contribution in [0.4, 0.5) is 0 Å². The maximum atomic E-state index is 12.5. The van der Waals surface area contributed by atoms with Gasteiger partial charge in [0.15, 0.2) is 0 Å². The molecule has 0 radical (unpaired) electrons. The first-order valence-corrected chi connectivity index (χ1v) is 8.69. The Balaban J connectivity index is 2.08. The summed E-state index contributed by atoms with van der Waals surface area (Å²) in [6.45, 7) is 1.10. The Morgan fingerprint density at radius 2 is 2.10 bits per heavy atom. The fraction of sp³-hybridized carbons (Fsp3) is 0.500. The number of sulfonamides is 1. The normalized spacial score (nSPS) is 19.0. The van der Waals surface area contributed by atoms with Gasteiger partial charge in [0.05, 0.1) is 16.0 Å². The predicted octanol–water partition coefficient (Wildman–Crippen LogP) is 1.31. The summed E-state index contributed by atoms with van der Waals surface area (Å²) in [6.07, 6.45) is 2.37. The number of likely N-dealkylation sites (N-methyl/N-ethyl adjacent to an activating group) is 1. The summed E-state index contributed by atoms with van der Waals surface area (Å²) in [4.78, 5) is 0.663. The number of hydrogen-bond acceptors (Lipinski definition) is 4. The first-order valence-electron chi connectivity index (χ1n) is 6.85. The Bertz CT molecular complexity index is 593. The number of nitrogens with zero attached hydrogens (tertiary/aromatic N) is 1. The van der Waals surface area contributed by atoms with Gasteiger partial charge in [0, 0.05) is 26.6 Å². The Kier molecular flexibility index (Phi) is 5.32. The molecule has 0 spiro atoms. The van der Waals surface area contributed by atoms with Gasteiger partial charge in [-0.15, -0.1) is 0 Å². The zero-order chi connectivity index (χ0) is 15.5. The molecule has 1 saturated heterocycles. The van der Waals surface area contributed by atoms with Crippen LogP contribution in [0.15, 0.2) is 29.2 Å². The molecule has 2 N–H and O–H groups in total. The molecule has 116 valence electrons. The average Bonchev–Trinajstić information content (AvgIpc) is 2.91. The molecule has 1 fully saturated rings. The van der Waals surface area contributed by atoms with Crippen molar-refractivity contribution in [3.63, 3.8) is 0 Å². The minimum Gasteiger partial charge on any atom is -0.393 e. The highest BCUT2D eigenvalue weighted by Crippen LogP contribution is 2.19. The van der Waals surface area contributed by atoms with E-state index in [2.05, 4.69) is 0 Å². The third-order valence-electron chi connectivity index (χ3n) is 3.49. The molecule has 0 aromatic heterocycles. The fourth-order valence-electron chi connectivity index (χ4n) is 2.33. The first kappa shape index (κ1) is 16.4. The van der Waals surface area contributed by atoms with Crippen LogP contribution < -0.4 is 5.73 Å². The summed E-state index contributed by atoms with van der Waals surface area (Å²) in [5.41, 5.74) is 6.38. The van der Waals surface area contributed by atoms with Crippen LogP contribution in [0.3, 0.4) is 0 Å². The van der Waals surface area contributed by atoms with Gasteiger partial charge in [-0.1, -0.05) is 24.4 Å².